The number of amides is 1. The fraction of sp³-hybridized carbons (Fsp3) is 0.500. The molecule has 0 spiro atoms. The molecule has 1 saturated heterocycles. The number of hydrogen-bond donors (Lipinski definition) is 1. The average Bonchev–Trinajstić information content (AvgIpc) is 2.38. The Hall–Kier alpha value is -1.06. The largest absolute Gasteiger partial charge is 0.337 e. The highest BCUT2D eigenvalue weighted by Gasteiger charge is 2.23. The van der Waals surface area contributed by atoms with Crippen LogP contribution in [-0.4, -0.2) is 29.9 Å². The molecular weight excluding hydrogens is 248 g/mol. The van der Waals surface area contributed by atoms with E-state index in [2.05, 4.69) is 6.92 Å². The summed E-state index contributed by atoms with van der Waals surface area (Å²) in [6.07, 6.45) is 2.93. The molecule has 1 aromatic carbocycles. The van der Waals surface area contributed by atoms with Gasteiger partial charge in [0.2, 0.25) is 0 Å². The third kappa shape index (κ3) is 3.24. The SMILES string of the molecule is CCc1ccccc1C(=O)N1CCC[C@@H](N)C1.Cl. The van der Waals surface area contributed by atoms with Gasteiger partial charge in [0, 0.05) is 24.7 Å². The summed E-state index contributed by atoms with van der Waals surface area (Å²) in [7, 11) is 0. The maximum atomic E-state index is 12.4. The van der Waals surface area contributed by atoms with Gasteiger partial charge in [-0.05, 0) is 30.9 Å². The maximum Gasteiger partial charge on any atom is 0.254 e. The molecule has 0 bridgehead atoms. The Labute approximate surface area is 115 Å². The van der Waals surface area contributed by atoms with Gasteiger partial charge in [-0.15, -0.1) is 12.4 Å². The van der Waals surface area contributed by atoms with E-state index >= 15 is 0 Å². The normalized spacial score (nSPS) is 19.2. The smallest absolute Gasteiger partial charge is 0.254 e. The molecule has 0 aromatic heterocycles. The average molecular weight is 269 g/mol. The Morgan fingerprint density at radius 1 is 1.44 bits per heavy atom. The molecule has 0 radical (unpaired) electrons. The topological polar surface area (TPSA) is 46.3 Å². The van der Waals surface area contributed by atoms with Crippen LogP contribution in [0.25, 0.3) is 0 Å². The van der Waals surface area contributed by atoms with E-state index in [0.717, 1.165) is 36.9 Å². The molecule has 0 aliphatic carbocycles. The monoisotopic (exact) mass is 268 g/mol. The van der Waals surface area contributed by atoms with Crippen LogP contribution in [0.3, 0.4) is 0 Å². The van der Waals surface area contributed by atoms with E-state index in [1.54, 1.807) is 0 Å². The van der Waals surface area contributed by atoms with Crippen LogP contribution >= 0.6 is 12.4 Å². The van der Waals surface area contributed by atoms with Crippen LogP contribution in [0.15, 0.2) is 24.3 Å². The highest BCUT2D eigenvalue weighted by molar-refractivity contribution is 5.95. The molecule has 1 aliphatic rings. The standard InChI is InChI=1S/C14H20N2O.ClH/c1-2-11-6-3-4-8-13(11)14(17)16-9-5-7-12(15)10-16;/h3-4,6,8,12H,2,5,7,9-10,15H2,1H3;1H/t12-;/m1./s1. The van der Waals surface area contributed by atoms with Crippen molar-refractivity contribution in [1.29, 1.82) is 0 Å². The lowest BCUT2D eigenvalue weighted by Crippen LogP contribution is -2.45. The molecule has 1 atom stereocenters. The van der Waals surface area contributed by atoms with Crippen LogP contribution in [0.1, 0.15) is 35.7 Å². The van der Waals surface area contributed by atoms with Gasteiger partial charge >= 0.3 is 0 Å². The molecule has 1 heterocycles. The summed E-state index contributed by atoms with van der Waals surface area (Å²) < 4.78 is 0. The predicted molar refractivity (Wildman–Crippen MR) is 76.2 cm³/mol. The van der Waals surface area contributed by atoms with Gasteiger partial charge < -0.3 is 10.6 Å². The summed E-state index contributed by atoms with van der Waals surface area (Å²) in [5.74, 6) is 0.137. The molecule has 1 aliphatic heterocycles. The van der Waals surface area contributed by atoms with Crippen LogP contribution in [0.2, 0.25) is 0 Å². The Morgan fingerprint density at radius 3 is 2.83 bits per heavy atom. The first-order valence-electron chi connectivity index (χ1n) is 6.35. The molecule has 1 amide bonds. The van der Waals surface area contributed by atoms with Gasteiger partial charge in [-0.1, -0.05) is 25.1 Å². The quantitative estimate of drug-likeness (QED) is 0.894. The van der Waals surface area contributed by atoms with Crippen molar-refractivity contribution in [3.63, 3.8) is 0 Å². The Morgan fingerprint density at radius 2 is 2.17 bits per heavy atom. The predicted octanol–water partition coefficient (Wildman–Crippen LogP) is 2.23. The summed E-state index contributed by atoms with van der Waals surface area (Å²) in [5, 5.41) is 0. The molecule has 1 aromatic rings. The Balaban J connectivity index is 0.00000162. The summed E-state index contributed by atoms with van der Waals surface area (Å²) in [6, 6.07) is 7.99. The number of aryl methyl sites for hydroxylation is 1. The molecular formula is C14H21ClN2O. The summed E-state index contributed by atoms with van der Waals surface area (Å²) in [4.78, 5) is 14.3. The van der Waals surface area contributed by atoms with E-state index in [1.807, 2.05) is 29.2 Å². The second-order valence-corrected chi connectivity index (χ2v) is 4.66. The van der Waals surface area contributed by atoms with Crippen LogP contribution in [-0.2, 0) is 6.42 Å². The summed E-state index contributed by atoms with van der Waals surface area (Å²) in [5.41, 5.74) is 7.88. The van der Waals surface area contributed by atoms with Crippen molar-refractivity contribution < 1.29 is 4.79 Å². The third-order valence-electron chi connectivity index (χ3n) is 3.37. The van der Waals surface area contributed by atoms with Crippen molar-refractivity contribution in [3.05, 3.63) is 35.4 Å². The number of likely N-dealkylation sites (tertiary alicyclic amines) is 1. The minimum atomic E-state index is 0. The number of benzene rings is 1. The highest BCUT2D eigenvalue weighted by atomic mass is 35.5. The van der Waals surface area contributed by atoms with Crippen molar-refractivity contribution >= 4 is 18.3 Å². The summed E-state index contributed by atoms with van der Waals surface area (Å²) >= 11 is 0. The van der Waals surface area contributed by atoms with E-state index in [1.165, 1.54) is 0 Å². The molecule has 0 saturated carbocycles. The molecule has 2 N–H and O–H groups in total. The zero-order valence-corrected chi connectivity index (χ0v) is 11.6. The minimum Gasteiger partial charge on any atom is -0.337 e. The van der Waals surface area contributed by atoms with Gasteiger partial charge in [0.1, 0.15) is 0 Å². The van der Waals surface area contributed by atoms with Crippen molar-refractivity contribution in [2.45, 2.75) is 32.2 Å². The third-order valence-corrected chi connectivity index (χ3v) is 3.37. The van der Waals surface area contributed by atoms with Crippen LogP contribution < -0.4 is 5.73 Å². The molecule has 100 valence electrons. The highest BCUT2D eigenvalue weighted by Crippen LogP contribution is 2.16. The lowest BCUT2D eigenvalue weighted by atomic mass is 10.0. The van der Waals surface area contributed by atoms with Gasteiger partial charge in [0.15, 0.2) is 0 Å². The van der Waals surface area contributed by atoms with Crippen molar-refractivity contribution in [2.75, 3.05) is 13.1 Å². The van der Waals surface area contributed by atoms with Crippen molar-refractivity contribution in [2.24, 2.45) is 5.73 Å². The van der Waals surface area contributed by atoms with Crippen LogP contribution in [0, 0.1) is 0 Å². The number of carbonyl (C=O) groups excluding carboxylic acids is 1. The molecule has 3 nitrogen and oxygen atoms in total. The number of halogens is 1. The Kier molecular flexibility index (Phi) is 5.63. The second kappa shape index (κ2) is 6.76. The number of nitrogens with zero attached hydrogens (tertiary/aromatic N) is 1. The number of nitrogens with two attached hydrogens (primary N) is 1. The zero-order valence-electron chi connectivity index (χ0n) is 10.8. The maximum absolute atomic E-state index is 12.4. The first-order valence-corrected chi connectivity index (χ1v) is 6.35. The van der Waals surface area contributed by atoms with Gasteiger partial charge in [0.05, 0.1) is 0 Å². The van der Waals surface area contributed by atoms with E-state index in [-0.39, 0.29) is 24.4 Å². The molecule has 4 heteroatoms. The number of hydrogen-bond acceptors (Lipinski definition) is 2. The zero-order chi connectivity index (χ0) is 12.3. The lowest BCUT2D eigenvalue weighted by molar-refractivity contribution is 0.0707. The van der Waals surface area contributed by atoms with E-state index in [4.69, 9.17) is 5.73 Å². The fourth-order valence-corrected chi connectivity index (χ4v) is 2.40. The fourth-order valence-electron chi connectivity index (χ4n) is 2.40. The van der Waals surface area contributed by atoms with E-state index in [0.29, 0.717) is 6.54 Å². The van der Waals surface area contributed by atoms with Crippen LogP contribution in [0.5, 0.6) is 0 Å². The lowest BCUT2D eigenvalue weighted by Gasteiger charge is -2.31. The number of piperidine rings is 1. The Bertz CT molecular complexity index is 409. The number of rotatable bonds is 2. The van der Waals surface area contributed by atoms with Gasteiger partial charge in [-0.3, -0.25) is 4.79 Å². The molecule has 2 rings (SSSR count). The molecule has 18 heavy (non-hydrogen) atoms. The first-order chi connectivity index (χ1) is 8.22. The second-order valence-electron chi connectivity index (χ2n) is 4.66. The van der Waals surface area contributed by atoms with Crippen molar-refractivity contribution in [1.82, 2.24) is 4.90 Å². The van der Waals surface area contributed by atoms with E-state index in [9.17, 15) is 4.79 Å². The number of carbonyl (C=O) groups is 1. The van der Waals surface area contributed by atoms with Crippen LogP contribution in [0.4, 0.5) is 0 Å². The van der Waals surface area contributed by atoms with Gasteiger partial charge in [-0.2, -0.15) is 0 Å². The van der Waals surface area contributed by atoms with Gasteiger partial charge in [-0.25, -0.2) is 0 Å². The minimum absolute atomic E-state index is 0. The first kappa shape index (κ1) is 15.0. The van der Waals surface area contributed by atoms with E-state index < -0.39 is 0 Å². The molecule has 1 fully saturated rings. The molecule has 0 unspecified atom stereocenters. The summed E-state index contributed by atoms with van der Waals surface area (Å²) in [6.45, 7) is 3.61. The van der Waals surface area contributed by atoms with Crippen molar-refractivity contribution in [3.8, 4) is 0 Å². The van der Waals surface area contributed by atoms with Gasteiger partial charge in [0.25, 0.3) is 5.91 Å².